The second-order valence-corrected chi connectivity index (χ2v) is 5.88. The summed E-state index contributed by atoms with van der Waals surface area (Å²) < 4.78 is 5.12. The number of carbonyl (C=O) groups excluding carboxylic acids is 2. The van der Waals surface area contributed by atoms with Gasteiger partial charge in [-0.15, -0.1) is 0 Å². The van der Waals surface area contributed by atoms with Crippen LogP contribution >= 0.6 is 0 Å². The van der Waals surface area contributed by atoms with Crippen LogP contribution in [0.1, 0.15) is 26.2 Å². The lowest BCUT2D eigenvalue weighted by Gasteiger charge is -2.29. The van der Waals surface area contributed by atoms with Gasteiger partial charge in [-0.2, -0.15) is 0 Å². The van der Waals surface area contributed by atoms with Gasteiger partial charge in [0.25, 0.3) is 0 Å². The first kappa shape index (κ1) is 16.2. The Bertz CT molecular complexity index is 375. The number of hydrogen-bond acceptors (Lipinski definition) is 4. The maximum Gasteiger partial charge on any atom is 0.245 e. The molecule has 2 aliphatic rings. The van der Waals surface area contributed by atoms with Crippen molar-refractivity contribution in [1.82, 2.24) is 14.7 Å². The minimum absolute atomic E-state index is 0.0161. The normalized spacial score (nSPS) is 24.2. The van der Waals surface area contributed by atoms with E-state index in [0.717, 1.165) is 65.1 Å². The van der Waals surface area contributed by atoms with Crippen LogP contribution in [0.3, 0.4) is 0 Å². The van der Waals surface area contributed by atoms with E-state index in [1.165, 1.54) is 0 Å². The third kappa shape index (κ3) is 4.17. The van der Waals surface area contributed by atoms with Gasteiger partial charge in [-0.05, 0) is 25.8 Å². The molecule has 1 atom stereocenters. The molecule has 21 heavy (non-hydrogen) atoms. The van der Waals surface area contributed by atoms with E-state index in [4.69, 9.17) is 4.74 Å². The van der Waals surface area contributed by atoms with Crippen LogP contribution in [0.15, 0.2) is 0 Å². The molecule has 0 saturated carbocycles. The highest BCUT2D eigenvalue weighted by molar-refractivity contribution is 5.87. The molecule has 0 bridgehead atoms. The molecule has 2 fully saturated rings. The van der Waals surface area contributed by atoms with Crippen molar-refractivity contribution in [2.45, 2.75) is 32.2 Å². The van der Waals surface area contributed by atoms with Crippen LogP contribution in [0.4, 0.5) is 0 Å². The van der Waals surface area contributed by atoms with Crippen molar-refractivity contribution >= 4 is 11.8 Å². The molecule has 0 N–H and O–H groups in total. The minimum Gasteiger partial charge on any atom is -0.383 e. The minimum atomic E-state index is -0.229. The lowest BCUT2D eigenvalue weighted by Crippen LogP contribution is -2.48. The quantitative estimate of drug-likeness (QED) is 0.743. The average molecular weight is 297 g/mol. The number of methoxy groups -OCH3 is 1. The van der Waals surface area contributed by atoms with E-state index < -0.39 is 0 Å². The Morgan fingerprint density at radius 1 is 1.10 bits per heavy atom. The first-order valence-corrected chi connectivity index (χ1v) is 7.90. The van der Waals surface area contributed by atoms with E-state index in [-0.39, 0.29) is 17.9 Å². The van der Waals surface area contributed by atoms with Gasteiger partial charge >= 0.3 is 0 Å². The van der Waals surface area contributed by atoms with E-state index >= 15 is 0 Å². The fourth-order valence-corrected chi connectivity index (χ4v) is 3.25. The molecular formula is C15H27N3O3. The molecule has 2 aliphatic heterocycles. The summed E-state index contributed by atoms with van der Waals surface area (Å²) >= 11 is 0. The van der Waals surface area contributed by atoms with Crippen LogP contribution in [0, 0.1) is 0 Å². The molecule has 6 heteroatoms. The standard InChI is InChI=1S/C15H27N3O3/c1-13(19)18-8-3-5-14(18)15(20)17-7-4-6-16(9-10-17)11-12-21-2/h14H,3-12H2,1-2H3/t14-/m0/s1. The largest absolute Gasteiger partial charge is 0.383 e. The highest BCUT2D eigenvalue weighted by atomic mass is 16.5. The Morgan fingerprint density at radius 2 is 1.90 bits per heavy atom. The van der Waals surface area contributed by atoms with E-state index in [2.05, 4.69) is 4.90 Å². The molecular weight excluding hydrogens is 270 g/mol. The molecule has 0 aromatic rings. The predicted molar refractivity (Wildman–Crippen MR) is 79.9 cm³/mol. The second kappa shape index (κ2) is 7.75. The summed E-state index contributed by atoms with van der Waals surface area (Å²) in [6.07, 6.45) is 2.73. The van der Waals surface area contributed by atoms with Gasteiger partial charge in [0.1, 0.15) is 6.04 Å². The third-order valence-electron chi connectivity index (χ3n) is 4.45. The molecule has 2 amide bonds. The first-order chi connectivity index (χ1) is 10.1. The zero-order valence-corrected chi connectivity index (χ0v) is 13.2. The Hall–Kier alpha value is -1.14. The topological polar surface area (TPSA) is 53.1 Å². The molecule has 0 aliphatic carbocycles. The number of carbonyl (C=O) groups is 2. The molecule has 6 nitrogen and oxygen atoms in total. The molecule has 0 aromatic carbocycles. The van der Waals surface area contributed by atoms with Gasteiger partial charge in [0.05, 0.1) is 6.61 Å². The van der Waals surface area contributed by atoms with E-state index in [9.17, 15) is 9.59 Å². The summed E-state index contributed by atoms with van der Waals surface area (Å²) in [4.78, 5) is 30.3. The second-order valence-electron chi connectivity index (χ2n) is 5.88. The summed E-state index contributed by atoms with van der Waals surface area (Å²) in [5.74, 6) is 0.152. The van der Waals surface area contributed by atoms with Crippen LogP contribution in [-0.2, 0) is 14.3 Å². The summed E-state index contributed by atoms with van der Waals surface area (Å²) in [5, 5.41) is 0. The Labute approximate surface area is 127 Å². The number of likely N-dealkylation sites (tertiary alicyclic amines) is 1. The number of nitrogens with zero attached hydrogens (tertiary/aromatic N) is 3. The monoisotopic (exact) mass is 297 g/mol. The van der Waals surface area contributed by atoms with Crippen molar-refractivity contribution in [2.24, 2.45) is 0 Å². The number of hydrogen-bond donors (Lipinski definition) is 0. The highest BCUT2D eigenvalue weighted by Gasteiger charge is 2.35. The summed E-state index contributed by atoms with van der Waals surface area (Å²) in [6, 6.07) is -0.229. The molecule has 2 heterocycles. The fourth-order valence-electron chi connectivity index (χ4n) is 3.25. The number of amides is 2. The first-order valence-electron chi connectivity index (χ1n) is 7.90. The van der Waals surface area contributed by atoms with Crippen molar-refractivity contribution in [1.29, 1.82) is 0 Å². The van der Waals surface area contributed by atoms with Crippen molar-refractivity contribution in [2.75, 3.05) is 53.0 Å². The van der Waals surface area contributed by atoms with Crippen LogP contribution in [0.2, 0.25) is 0 Å². The maximum absolute atomic E-state index is 12.7. The molecule has 0 radical (unpaired) electrons. The zero-order chi connectivity index (χ0) is 15.2. The average Bonchev–Trinajstić information content (AvgIpc) is 2.84. The van der Waals surface area contributed by atoms with Crippen molar-refractivity contribution in [3.05, 3.63) is 0 Å². The molecule has 0 unspecified atom stereocenters. The molecule has 0 spiro atoms. The van der Waals surface area contributed by atoms with Crippen LogP contribution in [-0.4, -0.2) is 85.5 Å². The van der Waals surface area contributed by atoms with Crippen LogP contribution in [0.25, 0.3) is 0 Å². The van der Waals surface area contributed by atoms with E-state index in [0.29, 0.717) is 0 Å². The molecule has 2 saturated heterocycles. The Kier molecular flexibility index (Phi) is 5.99. The third-order valence-corrected chi connectivity index (χ3v) is 4.45. The summed E-state index contributed by atoms with van der Waals surface area (Å²) in [7, 11) is 1.71. The fraction of sp³-hybridized carbons (Fsp3) is 0.867. The Balaban J connectivity index is 1.89. The SMILES string of the molecule is COCCN1CCCN(C(=O)[C@@H]2CCCN2C(C)=O)CC1. The van der Waals surface area contributed by atoms with Crippen molar-refractivity contribution in [3.8, 4) is 0 Å². The predicted octanol–water partition coefficient (Wildman–Crippen LogP) is 0.178. The Morgan fingerprint density at radius 3 is 2.62 bits per heavy atom. The van der Waals surface area contributed by atoms with Crippen LogP contribution < -0.4 is 0 Å². The van der Waals surface area contributed by atoms with Gasteiger partial charge < -0.3 is 14.5 Å². The van der Waals surface area contributed by atoms with E-state index in [1.54, 1.807) is 18.9 Å². The number of ether oxygens (including phenoxy) is 1. The van der Waals surface area contributed by atoms with Crippen LogP contribution in [0.5, 0.6) is 0 Å². The van der Waals surface area contributed by atoms with Crippen molar-refractivity contribution in [3.63, 3.8) is 0 Å². The molecule has 120 valence electrons. The van der Waals surface area contributed by atoms with Gasteiger partial charge in [-0.3, -0.25) is 14.5 Å². The molecule has 2 rings (SSSR count). The molecule has 0 aromatic heterocycles. The summed E-state index contributed by atoms with van der Waals surface area (Å²) in [5.41, 5.74) is 0. The highest BCUT2D eigenvalue weighted by Crippen LogP contribution is 2.20. The van der Waals surface area contributed by atoms with Crippen molar-refractivity contribution < 1.29 is 14.3 Å². The number of rotatable bonds is 4. The lowest BCUT2D eigenvalue weighted by atomic mass is 10.2. The maximum atomic E-state index is 12.7. The zero-order valence-electron chi connectivity index (χ0n) is 13.2. The van der Waals surface area contributed by atoms with Gasteiger partial charge in [-0.25, -0.2) is 0 Å². The van der Waals surface area contributed by atoms with Gasteiger partial charge in [-0.1, -0.05) is 0 Å². The smallest absolute Gasteiger partial charge is 0.245 e. The lowest BCUT2D eigenvalue weighted by molar-refractivity contribution is -0.142. The summed E-state index contributed by atoms with van der Waals surface area (Å²) in [6.45, 7) is 7.38. The van der Waals surface area contributed by atoms with Gasteiger partial charge in [0, 0.05) is 46.8 Å². The van der Waals surface area contributed by atoms with Gasteiger partial charge in [0.15, 0.2) is 0 Å². The van der Waals surface area contributed by atoms with Gasteiger partial charge in [0.2, 0.25) is 11.8 Å². The van der Waals surface area contributed by atoms with E-state index in [1.807, 2.05) is 4.90 Å².